The van der Waals surface area contributed by atoms with Gasteiger partial charge in [-0.1, -0.05) is 11.6 Å². The molecule has 0 bridgehead atoms. The fraction of sp³-hybridized carbons (Fsp3) is 0.133. The quantitative estimate of drug-likeness (QED) is 0.725. The van der Waals surface area contributed by atoms with Crippen LogP contribution in [-0.4, -0.2) is 38.1 Å². The van der Waals surface area contributed by atoms with Gasteiger partial charge in [-0.05, 0) is 25.1 Å². The smallest absolute Gasteiger partial charge is 0.344 e. The van der Waals surface area contributed by atoms with Gasteiger partial charge in [-0.15, -0.1) is 0 Å². The molecule has 122 valence electrons. The Morgan fingerprint density at radius 2 is 2.17 bits per heavy atom. The molecule has 24 heavy (non-hydrogen) atoms. The highest BCUT2D eigenvalue weighted by atomic mass is 35.5. The van der Waals surface area contributed by atoms with Crippen molar-refractivity contribution in [2.24, 2.45) is 0 Å². The standard InChI is InChI=1S/C15H12ClN5O3/c1-9-13(14-17-5-2-6-21(14)20-9)15(23)24-8-12(22)19-11-4-3-10(16)7-18-11/h2-7H,8H2,1H3,(H,18,19,22). The zero-order valence-electron chi connectivity index (χ0n) is 12.6. The van der Waals surface area contributed by atoms with E-state index in [-0.39, 0.29) is 5.56 Å². The van der Waals surface area contributed by atoms with E-state index in [9.17, 15) is 9.59 Å². The minimum atomic E-state index is -0.666. The molecule has 3 aromatic heterocycles. The Balaban J connectivity index is 1.65. The van der Waals surface area contributed by atoms with Gasteiger partial charge >= 0.3 is 5.97 Å². The predicted molar refractivity (Wildman–Crippen MR) is 85.9 cm³/mol. The highest BCUT2D eigenvalue weighted by Crippen LogP contribution is 2.14. The van der Waals surface area contributed by atoms with Crippen molar-refractivity contribution in [1.82, 2.24) is 19.6 Å². The van der Waals surface area contributed by atoms with Crippen molar-refractivity contribution in [3.05, 3.63) is 53.1 Å². The van der Waals surface area contributed by atoms with Crippen LogP contribution in [0.3, 0.4) is 0 Å². The number of nitrogens with one attached hydrogen (secondary N) is 1. The fourth-order valence-corrected chi connectivity index (χ4v) is 2.18. The van der Waals surface area contributed by atoms with E-state index in [0.717, 1.165) is 0 Å². The number of carbonyl (C=O) groups excluding carboxylic acids is 2. The summed E-state index contributed by atoms with van der Waals surface area (Å²) in [7, 11) is 0. The zero-order valence-corrected chi connectivity index (χ0v) is 13.3. The van der Waals surface area contributed by atoms with Crippen molar-refractivity contribution in [2.45, 2.75) is 6.92 Å². The van der Waals surface area contributed by atoms with Crippen LogP contribution in [0.1, 0.15) is 16.1 Å². The maximum atomic E-state index is 12.2. The molecule has 0 aliphatic heterocycles. The molecule has 0 atom stereocenters. The van der Waals surface area contributed by atoms with Crippen LogP contribution in [0.2, 0.25) is 5.02 Å². The number of esters is 1. The van der Waals surface area contributed by atoms with Gasteiger partial charge in [0.25, 0.3) is 5.91 Å². The summed E-state index contributed by atoms with van der Waals surface area (Å²) in [5.41, 5.74) is 1.08. The fourth-order valence-electron chi connectivity index (χ4n) is 2.07. The summed E-state index contributed by atoms with van der Waals surface area (Å²) in [6.45, 7) is 1.22. The van der Waals surface area contributed by atoms with Gasteiger partial charge in [0, 0.05) is 18.6 Å². The third-order valence-electron chi connectivity index (χ3n) is 3.10. The molecule has 0 fully saturated rings. The number of aryl methyl sites for hydroxylation is 1. The van der Waals surface area contributed by atoms with Gasteiger partial charge in [-0.2, -0.15) is 5.10 Å². The average Bonchev–Trinajstić information content (AvgIpc) is 2.90. The van der Waals surface area contributed by atoms with Crippen LogP contribution in [0, 0.1) is 6.92 Å². The number of aromatic nitrogens is 4. The number of carbonyl (C=O) groups is 2. The molecule has 1 N–H and O–H groups in total. The third kappa shape index (κ3) is 3.33. The molecule has 9 heteroatoms. The number of anilines is 1. The average molecular weight is 346 g/mol. The van der Waals surface area contributed by atoms with E-state index in [4.69, 9.17) is 16.3 Å². The summed E-state index contributed by atoms with van der Waals surface area (Å²) in [5.74, 6) is -0.866. The largest absolute Gasteiger partial charge is 0.452 e. The van der Waals surface area contributed by atoms with Crippen LogP contribution >= 0.6 is 11.6 Å². The molecule has 3 rings (SSSR count). The number of ether oxygens (including phenoxy) is 1. The second-order valence-electron chi connectivity index (χ2n) is 4.83. The van der Waals surface area contributed by atoms with Crippen molar-refractivity contribution >= 4 is 34.9 Å². The number of hydrogen-bond acceptors (Lipinski definition) is 6. The van der Waals surface area contributed by atoms with Crippen molar-refractivity contribution in [2.75, 3.05) is 11.9 Å². The minimum Gasteiger partial charge on any atom is -0.452 e. The van der Waals surface area contributed by atoms with E-state index in [1.54, 1.807) is 37.5 Å². The highest BCUT2D eigenvalue weighted by molar-refractivity contribution is 6.30. The second-order valence-corrected chi connectivity index (χ2v) is 5.27. The van der Waals surface area contributed by atoms with E-state index < -0.39 is 18.5 Å². The summed E-state index contributed by atoms with van der Waals surface area (Å²) < 4.78 is 6.51. The van der Waals surface area contributed by atoms with Crippen LogP contribution in [-0.2, 0) is 9.53 Å². The first-order valence-electron chi connectivity index (χ1n) is 6.93. The van der Waals surface area contributed by atoms with Crippen LogP contribution in [0.25, 0.3) is 5.65 Å². The summed E-state index contributed by atoms with van der Waals surface area (Å²) in [4.78, 5) is 32.1. The molecule has 0 aliphatic carbocycles. The minimum absolute atomic E-state index is 0.230. The number of amides is 1. The van der Waals surface area contributed by atoms with Crippen LogP contribution in [0.4, 0.5) is 5.82 Å². The lowest BCUT2D eigenvalue weighted by atomic mass is 10.2. The second kappa shape index (κ2) is 6.63. The van der Waals surface area contributed by atoms with Crippen molar-refractivity contribution in [1.29, 1.82) is 0 Å². The van der Waals surface area contributed by atoms with E-state index in [1.165, 1.54) is 10.7 Å². The maximum absolute atomic E-state index is 12.2. The molecular weight excluding hydrogens is 334 g/mol. The zero-order chi connectivity index (χ0) is 17.1. The Morgan fingerprint density at radius 1 is 1.33 bits per heavy atom. The maximum Gasteiger partial charge on any atom is 0.344 e. The van der Waals surface area contributed by atoms with Crippen molar-refractivity contribution < 1.29 is 14.3 Å². The lowest BCUT2D eigenvalue weighted by Crippen LogP contribution is -2.21. The molecule has 1 amide bonds. The number of hydrogen-bond donors (Lipinski definition) is 1. The van der Waals surface area contributed by atoms with E-state index in [2.05, 4.69) is 20.4 Å². The van der Waals surface area contributed by atoms with Gasteiger partial charge in [-0.25, -0.2) is 19.3 Å². The van der Waals surface area contributed by atoms with Crippen molar-refractivity contribution in [3.8, 4) is 0 Å². The summed E-state index contributed by atoms with van der Waals surface area (Å²) in [6.07, 6.45) is 4.62. The van der Waals surface area contributed by atoms with Crippen LogP contribution in [0.5, 0.6) is 0 Å². The predicted octanol–water partition coefficient (Wildman–Crippen LogP) is 1.88. The number of fused-ring (bicyclic) bond motifs is 1. The van der Waals surface area contributed by atoms with E-state index >= 15 is 0 Å². The van der Waals surface area contributed by atoms with Crippen LogP contribution < -0.4 is 5.32 Å². The van der Waals surface area contributed by atoms with Gasteiger partial charge < -0.3 is 10.1 Å². The molecule has 0 spiro atoms. The monoisotopic (exact) mass is 345 g/mol. The number of halogens is 1. The Morgan fingerprint density at radius 3 is 2.92 bits per heavy atom. The molecular formula is C15H12ClN5O3. The Hall–Kier alpha value is -3.00. The molecule has 0 aliphatic rings. The number of nitrogens with zero attached hydrogens (tertiary/aromatic N) is 4. The molecule has 0 unspecified atom stereocenters. The lowest BCUT2D eigenvalue weighted by molar-refractivity contribution is -0.119. The van der Waals surface area contributed by atoms with E-state index in [0.29, 0.717) is 22.2 Å². The SMILES string of the molecule is Cc1nn2cccnc2c1C(=O)OCC(=O)Nc1ccc(Cl)cn1. The number of rotatable bonds is 4. The topological polar surface area (TPSA) is 98.5 Å². The molecule has 0 radical (unpaired) electrons. The first-order valence-corrected chi connectivity index (χ1v) is 7.31. The Bertz CT molecular complexity index is 907. The Kier molecular flexibility index (Phi) is 4.39. The van der Waals surface area contributed by atoms with Gasteiger partial charge in [0.15, 0.2) is 12.3 Å². The van der Waals surface area contributed by atoms with Crippen LogP contribution in [0.15, 0.2) is 36.8 Å². The summed E-state index contributed by atoms with van der Waals surface area (Å²) >= 11 is 5.71. The molecule has 0 saturated heterocycles. The molecule has 8 nitrogen and oxygen atoms in total. The molecule has 3 aromatic rings. The van der Waals surface area contributed by atoms with Gasteiger partial charge in [0.05, 0.1) is 10.7 Å². The normalized spacial score (nSPS) is 10.6. The molecule has 0 aromatic carbocycles. The molecule has 3 heterocycles. The molecule has 0 saturated carbocycles. The lowest BCUT2D eigenvalue weighted by Gasteiger charge is -2.05. The first kappa shape index (κ1) is 15.9. The van der Waals surface area contributed by atoms with Crippen molar-refractivity contribution in [3.63, 3.8) is 0 Å². The summed E-state index contributed by atoms with van der Waals surface area (Å²) in [5, 5.41) is 7.12. The highest BCUT2D eigenvalue weighted by Gasteiger charge is 2.20. The van der Waals surface area contributed by atoms with Gasteiger partial charge in [0.2, 0.25) is 0 Å². The van der Waals surface area contributed by atoms with E-state index in [1.807, 2.05) is 0 Å². The number of pyridine rings is 1. The van der Waals surface area contributed by atoms with Gasteiger partial charge in [-0.3, -0.25) is 4.79 Å². The van der Waals surface area contributed by atoms with Gasteiger partial charge in [0.1, 0.15) is 11.4 Å². The third-order valence-corrected chi connectivity index (χ3v) is 3.33. The Labute approximate surface area is 141 Å². The first-order chi connectivity index (χ1) is 11.5. The summed E-state index contributed by atoms with van der Waals surface area (Å²) in [6, 6.07) is 4.83.